The lowest BCUT2D eigenvalue weighted by Gasteiger charge is -2.21. The van der Waals surface area contributed by atoms with Crippen LogP contribution in [0.25, 0.3) is 0 Å². The van der Waals surface area contributed by atoms with Crippen LogP contribution in [0.3, 0.4) is 0 Å². The molecule has 0 aromatic carbocycles. The first-order valence-electron chi connectivity index (χ1n) is 5.55. The Morgan fingerprint density at radius 2 is 2.29 bits per heavy atom. The van der Waals surface area contributed by atoms with Crippen LogP contribution in [-0.4, -0.2) is 24.5 Å². The van der Waals surface area contributed by atoms with E-state index in [1.807, 2.05) is 0 Å². The van der Waals surface area contributed by atoms with Gasteiger partial charge in [-0.2, -0.15) is 0 Å². The van der Waals surface area contributed by atoms with Crippen LogP contribution < -0.4 is 10.6 Å². The Morgan fingerprint density at radius 3 is 2.93 bits per heavy atom. The van der Waals surface area contributed by atoms with Crippen molar-refractivity contribution in [3.8, 4) is 0 Å². The number of carbonyl (C=O) groups is 1. The minimum atomic E-state index is 0.0703. The normalized spacial score (nSPS) is 31.7. The topological polar surface area (TPSA) is 41.1 Å². The van der Waals surface area contributed by atoms with E-state index in [1.54, 1.807) is 0 Å². The summed E-state index contributed by atoms with van der Waals surface area (Å²) in [5, 5.41) is 6.32. The van der Waals surface area contributed by atoms with Gasteiger partial charge in [0.1, 0.15) is 0 Å². The molecule has 1 saturated heterocycles. The van der Waals surface area contributed by atoms with Crippen molar-refractivity contribution in [2.45, 2.75) is 44.2 Å². The molecule has 1 heterocycles. The predicted molar refractivity (Wildman–Crippen MR) is 55.9 cm³/mol. The SMILES string of the molecule is O=C(NC1CC=CCC1)[C@H]1CCCN1. The Hall–Kier alpha value is -0.830. The summed E-state index contributed by atoms with van der Waals surface area (Å²) >= 11 is 0. The van der Waals surface area contributed by atoms with Crippen molar-refractivity contribution in [2.75, 3.05) is 6.54 Å². The molecule has 3 nitrogen and oxygen atoms in total. The molecule has 1 aliphatic carbocycles. The minimum Gasteiger partial charge on any atom is -0.352 e. The Kier molecular flexibility index (Phi) is 3.19. The molecule has 14 heavy (non-hydrogen) atoms. The second-order valence-corrected chi connectivity index (χ2v) is 4.14. The predicted octanol–water partition coefficient (Wildman–Crippen LogP) is 0.963. The summed E-state index contributed by atoms with van der Waals surface area (Å²) in [7, 11) is 0. The molecule has 1 fully saturated rings. The van der Waals surface area contributed by atoms with E-state index >= 15 is 0 Å². The van der Waals surface area contributed by atoms with Crippen molar-refractivity contribution >= 4 is 5.91 Å². The monoisotopic (exact) mass is 194 g/mol. The molecular formula is C11H18N2O. The van der Waals surface area contributed by atoms with Crippen LogP contribution in [0.4, 0.5) is 0 Å². The second kappa shape index (κ2) is 4.60. The van der Waals surface area contributed by atoms with Gasteiger partial charge in [-0.3, -0.25) is 4.79 Å². The summed E-state index contributed by atoms with van der Waals surface area (Å²) in [5.41, 5.74) is 0. The number of amides is 1. The van der Waals surface area contributed by atoms with Crippen molar-refractivity contribution in [1.82, 2.24) is 10.6 Å². The van der Waals surface area contributed by atoms with E-state index in [-0.39, 0.29) is 11.9 Å². The highest BCUT2D eigenvalue weighted by Gasteiger charge is 2.23. The zero-order valence-electron chi connectivity index (χ0n) is 8.46. The average molecular weight is 194 g/mol. The summed E-state index contributed by atoms with van der Waals surface area (Å²) in [6.07, 6.45) is 9.67. The van der Waals surface area contributed by atoms with E-state index in [9.17, 15) is 4.79 Å². The van der Waals surface area contributed by atoms with E-state index < -0.39 is 0 Å². The zero-order valence-corrected chi connectivity index (χ0v) is 8.46. The lowest BCUT2D eigenvalue weighted by molar-refractivity contribution is -0.123. The Balaban J connectivity index is 1.78. The van der Waals surface area contributed by atoms with E-state index in [1.165, 1.54) is 0 Å². The van der Waals surface area contributed by atoms with Crippen LogP contribution in [0.5, 0.6) is 0 Å². The van der Waals surface area contributed by atoms with Crippen LogP contribution >= 0.6 is 0 Å². The fourth-order valence-electron chi connectivity index (χ4n) is 2.13. The molecule has 2 atom stereocenters. The average Bonchev–Trinajstić information content (AvgIpc) is 2.72. The van der Waals surface area contributed by atoms with Crippen molar-refractivity contribution in [3.63, 3.8) is 0 Å². The summed E-state index contributed by atoms with van der Waals surface area (Å²) in [6.45, 7) is 0.989. The van der Waals surface area contributed by atoms with Gasteiger partial charge in [0.2, 0.25) is 5.91 Å². The summed E-state index contributed by atoms with van der Waals surface area (Å²) in [5.74, 6) is 0.197. The molecule has 0 aromatic rings. The first-order chi connectivity index (χ1) is 6.86. The molecule has 2 rings (SSSR count). The molecule has 1 unspecified atom stereocenters. The molecule has 0 saturated carbocycles. The first kappa shape index (κ1) is 9.71. The molecule has 2 N–H and O–H groups in total. The fourth-order valence-corrected chi connectivity index (χ4v) is 2.13. The molecule has 0 spiro atoms. The maximum Gasteiger partial charge on any atom is 0.237 e. The van der Waals surface area contributed by atoms with Gasteiger partial charge in [-0.25, -0.2) is 0 Å². The third kappa shape index (κ3) is 2.35. The number of carbonyl (C=O) groups excluding carboxylic acids is 1. The standard InChI is InChI=1S/C11H18N2O/c14-11(10-7-4-8-12-10)13-9-5-2-1-3-6-9/h1-2,9-10,12H,3-8H2,(H,13,14)/t9?,10-/m1/s1. The largest absolute Gasteiger partial charge is 0.352 e. The number of rotatable bonds is 2. The third-order valence-corrected chi connectivity index (χ3v) is 2.99. The van der Waals surface area contributed by atoms with Gasteiger partial charge in [0, 0.05) is 6.04 Å². The summed E-state index contributed by atoms with van der Waals surface area (Å²) in [6, 6.07) is 0.441. The molecule has 0 radical (unpaired) electrons. The lowest BCUT2D eigenvalue weighted by Crippen LogP contribution is -2.45. The molecule has 1 aliphatic heterocycles. The number of hydrogen-bond donors (Lipinski definition) is 2. The number of hydrogen-bond acceptors (Lipinski definition) is 2. The van der Waals surface area contributed by atoms with Gasteiger partial charge in [0.25, 0.3) is 0 Å². The van der Waals surface area contributed by atoms with Gasteiger partial charge < -0.3 is 10.6 Å². The van der Waals surface area contributed by atoms with E-state index in [2.05, 4.69) is 22.8 Å². The van der Waals surface area contributed by atoms with E-state index in [0.717, 1.165) is 38.6 Å². The quantitative estimate of drug-likeness (QED) is 0.643. The van der Waals surface area contributed by atoms with Crippen LogP contribution in [-0.2, 0) is 4.79 Å². The van der Waals surface area contributed by atoms with Crippen LogP contribution in [0.2, 0.25) is 0 Å². The van der Waals surface area contributed by atoms with Gasteiger partial charge in [0.05, 0.1) is 6.04 Å². The Bertz CT molecular complexity index is 231. The van der Waals surface area contributed by atoms with Gasteiger partial charge in [-0.15, -0.1) is 0 Å². The fraction of sp³-hybridized carbons (Fsp3) is 0.727. The molecular weight excluding hydrogens is 176 g/mol. The van der Waals surface area contributed by atoms with Crippen molar-refractivity contribution < 1.29 is 4.79 Å². The van der Waals surface area contributed by atoms with Crippen molar-refractivity contribution in [2.24, 2.45) is 0 Å². The first-order valence-corrected chi connectivity index (χ1v) is 5.55. The minimum absolute atomic E-state index is 0.0703. The number of allylic oxidation sites excluding steroid dienone is 1. The lowest BCUT2D eigenvalue weighted by atomic mass is 10.0. The Labute approximate surface area is 84.9 Å². The van der Waals surface area contributed by atoms with Gasteiger partial charge in [0.15, 0.2) is 0 Å². The highest BCUT2D eigenvalue weighted by molar-refractivity contribution is 5.82. The van der Waals surface area contributed by atoms with Gasteiger partial charge in [-0.05, 0) is 38.6 Å². The third-order valence-electron chi connectivity index (χ3n) is 2.99. The summed E-state index contributed by atoms with van der Waals surface area (Å²) < 4.78 is 0. The maximum atomic E-state index is 11.7. The highest BCUT2D eigenvalue weighted by atomic mass is 16.2. The molecule has 0 aromatic heterocycles. The summed E-state index contributed by atoms with van der Waals surface area (Å²) in [4.78, 5) is 11.7. The van der Waals surface area contributed by atoms with Crippen molar-refractivity contribution in [3.05, 3.63) is 12.2 Å². The maximum absolute atomic E-state index is 11.7. The smallest absolute Gasteiger partial charge is 0.237 e. The Morgan fingerprint density at radius 1 is 1.36 bits per heavy atom. The van der Waals surface area contributed by atoms with Crippen LogP contribution in [0.1, 0.15) is 32.1 Å². The van der Waals surface area contributed by atoms with Crippen LogP contribution in [0, 0.1) is 0 Å². The second-order valence-electron chi connectivity index (χ2n) is 4.14. The molecule has 3 heteroatoms. The number of nitrogens with one attached hydrogen (secondary N) is 2. The molecule has 1 amide bonds. The highest BCUT2D eigenvalue weighted by Crippen LogP contribution is 2.12. The van der Waals surface area contributed by atoms with Crippen LogP contribution in [0.15, 0.2) is 12.2 Å². The van der Waals surface area contributed by atoms with Gasteiger partial charge >= 0.3 is 0 Å². The van der Waals surface area contributed by atoms with Crippen molar-refractivity contribution in [1.29, 1.82) is 0 Å². The molecule has 0 bridgehead atoms. The zero-order chi connectivity index (χ0) is 9.80. The molecule has 78 valence electrons. The molecule has 2 aliphatic rings. The van der Waals surface area contributed by atoms with E-state index in [0.29, 0.717) is 6.04 Å². The van der Waals surface area contributed by atoms with Gasteiger partial charge in [-0.1, -0.05) is 12.2 Å². The van der Waals surface area contributed by atoms with E-state index in [4.69, 9.17) is 0 Å².